The number of alkyl halides is 7. The molecule has 0 amide bonds. The van der Waals surface area contributed by atoms with E-state index in [0.717, 1.165) is 11.4 Å². The van der Waals surface area contributed by atoms with Crippen LogP contribution < -0.4 is 4.90 Å². The van der Waals surface area contributed by atoms with E-state index in [-0.39, 0.29) is 44.3 Å². The van der Waals surface area contributed by atoms with E-state index in [4.69, 9.17) is 0 Å². The van der Waals surface area contributed by atoms with Gasteiger partial charge in [-0.2, -0.15) is 17.5 Å². The third kappa shape index (κ3) is 4.45. The van der Waals surface area contributed by atoms with Crippen molar-refractivity contribution < 1.29 is 44.3 Å². The van der Waals surface area contributed by atoms with Crippen LogP contribution in [-0.4, -0.2) is 55.4 Å². The predicted octanol–water partition coefficient (Wildman–Crippen LogP) is 5.23. The summed E-state index contributed by atoms with van der Waals surface area (Å²) in [6.07, 6.45) is -6.13. The molecule has 1 aliphatic heterocycles. The third-order valence-electron chi connectivity index (χ3n) is 7.23. The summed E-state index contributed by atoms with van der Waals surface area (Å²) in [6, 6.07) is -0.460. The average Bonchev–Trinajstić information content (AvgIpc) is 2.69. The predicted molar refractivity (Wildman–Crippen MR) is 109 cm³/mol. The molecule has 1 aromatic rings. The first-order valence-corrected chi connectivity index (χ1v) is 12.2. The number of anilines is 1. The van der Waals surface area contributed by atoms with Crippen molar-refractivity contribution >= 4 is 15.7 Å². The molecule has 2 saturated carbocycles. The van der Waals surface area contributed by atoms with Crippen LogP contribution in [0.15, 0.2) is 17.0 Å². The molecule has 2 aliphatic carbocycles. The molecule has 34 heavy (non-hydrogen) atoms. The van der Waals surface area contributed by atoms with Crippen LogP contribution in [-0.2, 0) is 16.2 Å². The van der Waals surface area contributed by atoms with Gasteiger partial charge in [0.05, 0.1) is 11.3 Å². The lowest BCUT2D eigenvalue weighted by atomic mass is 9.52. The number of benzene rings is 1. The Labute approximate surface area is 192 Å². The van der Waals surface area contributed by atoms with Gasteiger partial charge in [0, 0.05) is 51.0 Å². The lowest BCUT2D eigenvalue weighted by Crippen LogP contribution is -2.61. The standard InChI is InChI=1S/C21H25F7N2O3S/c1-18(22,23)4-3-12-9-30(13-7-19(8-13)10-20(24,25)11-19)15-5-14(21(26,27)28)16(31)6-17(15)34(32,33)29(12)2/h5-6,12-13,31H,3-4,7-11H2,1-2H3/t12-/m1/s1. The normalized spacial score (nSPS) is 26.5. The van der Waals surface area contributed by atoms with E-state index in [1.165, 1.54) is 4.90 Å². The maximum Gasteiger partial charge on any atom is 0.420 e. The van der Waals surface area contributed by atoms with Crippen LogP contribution >= 0.6 is 0 Å². The zero-order valence-electron chi connectivity index (χ0n) is 18.5. The number of sulfonamides is 1. The van der Waals surface area contributed by atoms with Crippen LogP contribution in [0.1, 0.15) is 51.0 Å². The minimum absolute atomic E-state index is 0.183. The zero-order chi connectivity index (χ0) is 25.5. The van der Waals surface area contributed by atoms with Crippen molar-refractivity contribution in [3.63, 3.8) is 0 Å². The largest absolute Gasteiger partial charge is 0.507 e. The fraction of sp³-hybridized carbons (Fsp3) is 0.714. The minimum Gasteiger partial charge on any atom is -0.507 e. The Kier molecular flexibility index (Phi) is 5.68. The molecule has 1 atom stereocenters. The molecule has 0 aromatic heterocycles. The number of phenols is 1. The molecule has 0 saturated heterocycles. The van der Waals surface area contributed by atoms with Crippen LogP contribution in [0.3, 0.4) is 0 Å². The molecule has 2 fully saturated rings. The van der Waals surface area contributed by atoms with E-state index in [9.17, 15) is 44.3 Å². The highest BCUT2D eigenvalue weighted by Gasteiger charge is 2.63. The van der Waals surface area contributed by atoms with Gasteiger partial charge in [-0.25, -0.2) is 26.0 Å². The van der Waals surface area contributed by atoms with Gasteiger partial charge in [0.15, 0.2) is 0 Å². The molecule has 1 aromatic carbocycles. The molecule has 1 heterocycles. The van der Waals surface area contributed by atoms with Gasteiger partial charge in [-0.3, -0.25) is 0 Å². The van der Waals surface area contributed by atoms with E-state index >= 15 is 0 Å². The molecular formula is C21H25F7N2O3S. The van der Waals surface area contributed by atoms with Crippen LogP contribution in [0.25, 0.3) is 0 Å². The van der Waals surface area contributed by atoms with Crippen molar-refractivity contribution in [3.05, 3.63) is 17.7 Å². The minimum atomic E-state index is -4.98. The first-order chi connectivity index (χ1) is 15.3. The summed E-state index contributed by atoms with van der Waals surface area (Å²) in [6.45, 7) is 0.503. The fourth-order valence-corrected chi connectivity index (χ4v) is 7.12. The van der Waals surface area contributed by atoms with Crippen LogP contribution in [0.5, 0.6) is 5.75 Å². The number of fused-ring (bicyclic) bond motifs is 1. The highest BCUT2D eigenvalue weighted by atomic mass is 32.2. The van der Waals surface area contributed by atoms with E-state index in [1.54, 1.807) is 0 Å². The molecule has 0 unspecified atom stereocenters. The zero-order valence-corrected chi connectivity index (χ0v) is 19.3. The van der Waals surface area contributed by atoms with Crippen molar-refractivity contribution in [2.24, 2.45) is 5.41 Å². The first kappa shape index (κ1) is 25.3. The van der Waals surface area contributed by atoms with Gasteiger partial charge in [0.1, 0.15) is 10.6 Å². The van der Waals surface area contributed by atoms with Gasteiger partial charge in [-0.1, -0.05) is 0 Å². The van der Waals surface area contributed by atoms with Gasteiger partial charge >= 0.3 is 6.18 Å². The molecule has 3 aliphatic rings. The number of nitrogens with zero attached hydrogens (tertiary/aromatic N) is 2. The van der Waals surface area contributed by atoms with Crippen molar-refractivity contribution in [2.45, 2.75) is 80.4 Å². The second kappa shape index (κ2) is 7.62. The van der Waals surface area contributed by atoms with Gasteiger partial charge in [0.25, 0.3) is 0 Å². The summed E-state index contributed by atoms with van der Waals surface area (Å²) in [4.78, 5) is 0.830. The molecule has 0 bridgehead atoms. The smallest absolute Gasteiger partial charge is 0.420 e. The lowest BCUT2D eigenvalue weighted by Gasteiger charge is -2.60. The quantitative estimate of drug-likeness (QED) is 0.555. The SMILES string of the molecule is CN1[C@H](CCC(C)(F)F)CN(C2CC3(C2)CC(F)(F)C3)c2cc(C(F)(F)F)c(O)cc2S1(=O)=O. The summed E-state index contributed by atoms with van der Waals surface area (Å²) in [7, 11) is -3.29. The monoisotopic (exact) mass is 518 g/mol. The number of phenolic OH excluding ortho intramolecular Hbond substituents is 1. The number of hydrogen-bond donors (Lipinski definition) is 1. The highest BCUT2D eigenvalue weighted by molar-refractivity contribution is 7.89. The van der Waals surface area contributed by atoms with Crippen molar-refractivity contribution in [1.82, 2.24) is 4.31 Å². The van der Waals surface area contributed by atoms with Gasteiger partial charge in [0.2, 0.25) is 21.9 Å². The van der Waals surface area contributed by atoms with Gasteiger partial charge in [-0.15, -0.1) is 0 Å². The number of aromatic hydroxyl groups is 1. The number of hydrogen-bond acceptors (Lipinski definition) is 4. The summed E-state index contributed by atoms with van der Waals surface area (Å²) < 4.78 is 122. The Morgan fingerprint density at radius 3 is 2.21 bits per heavy atom. The van der Waals surface area contributed by atoms with Gasteiger partial charge in [-0.05, 0) is 37.7 Å². The fourth-order valence-electron chi connectivity index (χ4n) is 5.54. The third-order valence-corrected chi connectivity index (χ3v) is 9.17. The van der Waals surface area contributed by atoms with E-state index in [2.05, 4.69) is 0 Å². The Morgan fingerprint density at radius 2 is 1.71 bits per heavy atom. The van der Waals surface area contributed by atoms with E-state index in [1.807, 2.05) is 0 Å². The molecule has 0 radical (unpaired) electrons. The van der Waals surface area contributed by atoms with E-state index < -0.39 is 68.2 Å². The van der Waals surface area contributed by atoms with Crippen molar-refractivity contribution in [1.29, 1.82) is 0 Å². The van der Waals surface area contributed by atoms with Gasteiger partial charge < -0.3 is 10.0 Å². The Balaban J connectivity index is 1.76. The number of halogens is 7. The van der Waals surface area contributed by atoms with Crippen LogP contribution in [0.4, 0.5) is 36.4 Å². The summed E-state index contributed by atoms with van der Waals surface area (Å²) in [5, 5.41) is 9.97. The lowest BCUT2D eigenvalue weighted by molar-refractivity contribution is -0.195. The Hall–Kier alpha value is -1.76. The van der Waals surface area contributed by atoms with Crippen molar-refractivity contribution in [2.75, 3.05) is 18.5 Å². The molecule has 1 N–H and O–H groups in total. The molecule has 13 heteroatoms. The summed E-state index contributed by atoms with van der Waals surface area (Å²) >= 11 is 0. The topological polar surface area (TPSA) is 60.9 Å². The summed E-state index contributed by atoms with van der Waals surface area (Å²) in [5.74, 6) is -7.16. The average molecular weight is 518 g/mol. The second-order valence-electron chi connectivity index (χ2n) is 10.0. The maximum atomic E-state index is 13.5. The second-order valence-corrected chi connectivity index (χ2v) is 12.0. The molecule has 5 nitrogen and oxygen atoms in total. The van der Waals surface area contributed by atoms with Crippen LogP contribution in [0, 0.1) is 5.41 Å². The number of likely N-dealkylation sites (N-methyl/N-ethyl adjacent to an activating group) is 1. The maximum absolute atomic E-state index is 13.5. The van der Waals surface area contributed by atoms with E-state index in [0.29, 0.717) is 19.1 Å². The molecule has 4 rings (SSSR count). The van der Waals surface area contributed by atoms with Crippen molar-refractivity contribution in [3.8, 4) is 5.75 Å². The molecule has 1 spiro atoms. The molecule has 192 valence electrons. The first-order valence-electron chi connectivity index (χ1n) is 10.8. The Bertz CT molecular complexity index is 1070. The number of rotatable bonds is 4. The van der Waals surface area contributed by atoms with Crippen LogP contribution in [0.2, 0.25) is 0 Å². The summed E-state index contributed by atoms with van der Waals surface area (Å²) in [5.41, 5.74) is -2.40. The highest BCUT2D eigenvalue weighted by Crippen LogP contribution is 2.64. The Morgan fingerprint density at radius 1 is 1.12 bits per heavy atom. The molecular weight excluding hydrogens is 493 g/mol.